The predicted octanol–water partition coefficient (Wildman–Crippen LogP) is 5.08. The highest BCUT2D eigenvalue weighted by Crippen LogP contribution is 2.37. The number of methoxy groups -OCH3 is 3. The van der Waals surface area contributed by atoms with Crippen molar-refractivity contribution in [2.24, 2.45) is 5.10 Å². The van der Waals surface area contributed by atoms with Gasteiger partial charge >= 0.3 is 0 Å². The van der Waals surface area contributed by atoms with E-state index in [1.807, 2.05) is 0 Å². The Morgan fingerprint density at radius 2 is 1.43 bits per heavy atom. The van der Waals surface area contributed by atoms with Crippen LogP contribution in [0.3, 0.4) is 0 Å². The molecule has 0 aliphatic heterocycles. The molecule has 0 spiro atoms. The second-order valence-corrected chi connectivity index (χ2v) is 6.83. The molecular formula is C22H36N2O4. The van der Waals surface area contributed by atoms with E-state index in [0.717, 1.165) is 18.4 Å². The van der Waals surface area contributed by atoms with E-state index in [-0.39, 0.29) is 5.91 Å². The summed E-state index contributed by atoms with van der Waals surface area (Å²) in [6, 6.07) is 3.55. The van der Waals surface area contributed by atoms with E-state index in [4.69, 9.17) is 14.2 Å². The van der Waals surface area contributed by atoms with Crippen LogP contribution in [0, 0.1) is 0 Å². The fourth-order valence-corrected chi connectivity index (χ4v) is 3.01. The number of unbranched alkanes of at least 4 members (excludes halogenated alkanes) is 8. The zero-order valence-electron chi connectivity index (χ0n) is 17.9. The van der Waals surface area contributed by atoms with Crippen LogP contribution in [0.15, 0.2) is 17.2 Å². The van der Waals surface area contributed by atoms with Gasteiger partial charge in [0.2, 0.25) is 11.7 Å². The molecule has 6 heteroatoms. The topological polar surface area (TPSA) is 69.2 Å². The third-order valence-electron chi connectivity index (χ3n) is 4.60. The van der Waals surface area contributed by atoms with Gasteiger partial charge in [0.05, 0.1) is 27.5 Å². The Balaban J connectivity index is 2.30. The van der Waals surface area contributed by atoms with Crippen molar-refractivity contribution in [1.29, 1.82) is 0 Å². The largest absolute Gasteiger partial charge is 0.493 e. The maximum absolute atomic E-state index is 11.9. The summed E-state index contributed by atoms with van der Waals surface area (Å²) in [5.41, 5.74) is 3.33. The fraction of sp³-hybridized carbons (Fsp3) is 0.636. The highest BCUT2D eigenvalue weighted by atomic mass is 16.5. The van der Waals surface area contributed by atoms with E-state index in [9.17, 15) is 4.79 Å². The summed E-state index contributed by atoms with van der Waals surface area (Å²) in [7, 11) is 4.68. The van der Waals surface area contributed by atoms with Gasteiger partial charge in [0, 0.05) is 12.0 Å². The van der Waals surface area contributed by atoms with Gasteiger partial charge in [0.25, 0.3) is 0 Å². The average molecular weight is 393 g/mol. The Morgan fingerprint density at radius 3 is 1.93 bits per heavy atom. The molecule has 0 atom stereocenters. The van der Waals surface area contributed by atoms with Gasteiger partial charge in [-0.2, -0.15) is 5.10 Å². The molecule has 0 saturated carbocycles. The maximum Gasteiger partial charge on any atom is 0.240 e. The Labute approximate surface area is 169 Å². The van der Waals surface area contributed by atoms with Gasteiger partial charge < -0.3 is 14.2 Å². The number of ether oxygens (including phenoxy) is 3. The van der Waals surface area contributed by atoms with E-state index in [1.54, 1.807) is 39.7 Å². The molecule has 1 N–H and O–H groups in total. The highest BCUT2D eigenvalue weighted by Gasteiger charge is 2.12. The molecule has 0 bridgehead atoms. The second-order valence-electron chi connectivity index (χ2n) is 6.83. The molecule has 0 aromatic heterocycles. The summed E-state index contributed by atoms with van der Waals surface area (Å²) in [5, 5.41) is 4.03. The first-order valence-corrected chi connectivity index (χ1v) is 10.3. The van der Waals surface area contributed by atoms with Crippen LogP contribution >= 0.6 is 0 Å². The molecule has 0 radical (unpaired) electrons. The summed E-state index contributed by atoms with van der Waals surface area (Å²) < 4.78 is 15.9. The maximum atomic E-state index is 11.9. The Hall–Kier alpha value is -2.24. The number of amides is 1. The molecule has 0 saturated heterocycles. The molecule has 28 heavy (non-hydrogen) atoms. The van der Waals surface area contributed by atoms with Gasteiger partial charge in [-0.25, -0.2) is 5.43 Å². The third kappa shape index (κ3) is 9.11. The van der Waals surface area contributed by atoms with E-state index >= 15 is 0 Å². The molecule has 158 valence electrons. The lowest BCUT2D eigenvalue weighted by molar-refractivity contribution is -0.121. The number of hydrazone groups is 1. The van der Waals surface area contributed by atoms with Crippen LogP contribution in [0.4, 0.5) is 0 Å². The number of hydrogen-bond acceptors (Lipinski definition) is 5. The predicted molar refractivity (Wildman–Crippen MR) is 114 cm³/mol. The van der Waals surface area contributed by atoms with Crippen LogP contribution in [0.2, 0.25) is 0 Å². The standard InChI is InChI=1S/C22H36N2O4/c1-5-6-7-8-9-10-11-12-13-14-21(25)24-23-17-18-15-19(26-2)22(28-4)20(16-18)27-3/h15-17H,5-14H2,1-4H3,(H,24,25). The first kappa shape index (κ1) is 23.8. The molecule has 0 aliphatic rings. The number of hydrogen-bond donors (Lipinski definition) is 1. The minimum absolute atomic E-state index is 0.0633. The molecule has 0 aliphatic carbocycles. The van der Waals surface area contributed by atoms with Crippen LogP contribution < -0.4 is 19.6 Å². The van der Waals surface area contributed by atoms with E-state index in [0.29, 0.717) is 23.7 Å². The number of carbonyl (C=O) groups excluding carboxylic acids is 1. The number of nitrogens with one attached hydrogen (secondary N) is 1. The fourth-order valence-electron chi connectivity index (χ4n) is 3.01. The lowest BCUT2D eigenvalue weighted by atomic mass is 10.1. The minimum Gasteiger partial charge on any atom is -0.493 e. The number of nitrogens with zero attached hydrogens (tertiary/aromatic N) is 1. The van der Waals surface area contributed by atoms with Crippen molar-refractivity contribution in [3.63, 3.8) is 0 Å². The Bertz CT molecular complexity index is 577. The first-order chi connectivity index (χ1) is 13.7. The van der Waals surface area contributed by atoms with Crippen LogP contribution in [-0.4, -0.2) is 33.5 Å². The van der Waals surface area contributed by atoms with Crippen molar-refractivity contribution in [3.8, 4) is 17.2 Å². The van der Waals surface area contributed by atoms with Crippen molar-refractivity contribution in [2.45, 2.75) is 71.1 Å². The van der Waals surface area contributed by atoms with Gasteiger partial charge in [-0.15, -0.1) is 0 Å². The van der Waals surface area contributed by atoms with Crippen molar-refractivity contribution < 1.29 is 19.0 Å². The van der Waals surface area contributed by atoms with Gasteiger partial charge in [-0.05, 0) is 18.6 Å². The molecule has 0 heterocycles. The Morgan fingerprint density at radius 1 is 0.893 bits per heavy atom. The SMILES string of the molecule is CCCCCCCCCCCC(=O)NN=Cc1cc(OC)c(OC)c(OC)c1. The van der Waals surface area contributed by atoms with Crippen LogP contribution in [-0.2, 0) is 4.79 Å². The highest BCUT2D eigenvalue weighted by molar-refractivity contribution is 5.84. The lowest BCUT2D eigenvalue weighted by Crippen LogP contribution is -2.16. The summed E-state index contributed by atoms with van der Waals surface area (Å²) in [5.74, 6) is 1.55. The van der Waals surface area contributed by atoms with Crippen LogP contribution in [0.1, 0.15) is 76.7 Å². The van der Waals surface area contributed by atoms with Crippen molar-refractivity contribution in [3.05, 3.63) is 17.7 Å². The number of rotatable bonds is 15. The molecule has 6 nitrogen and oxygen atoms in total. The van der Waals surface area contributed by atoms with Crippen molar-refractivity contribution in [1.82, 2.24) is 5.43 Å². The summed E-state index contributed by atoms with van der Waals surface area (Å²) in [4.78, 5) is 11.9. The zero-order valence-corrected chi connectivity index (χ0v) is 17.9. The van der Waals surface area contributed by atoms with E-state index in [2.05, 4.69) is 17.5 Å². The van der Waals surface area contributed by atoms with Gasteiger partial charge in [-0.3, -0.25) is 4.79 Å². The number of carbonyl (C=O) groups is 1. The van der Waals surface area contributed by atoms with Crippen molar-refractivity contribution in [2.75, 3.05) is 21.3 Å². The average Bonchev–Trinajstić information content (AvgIpc) is 2.71. The molecule has 1 amide bonds. The smallest absolute Gasteiger partial charge is 0.240 e. The Kier molecular flexibility index (Phi) is 12.6. The molecular weight excluding hydrogens is 356 g/mol. The normalized spacial score (nSPS) is 10.9. The monoisotopic (exact) mass is 392 g/mol. The van der Waals surface area contributed by atoms with Gasteiger partial charge in [0.1, 0.15) is 0 Å². The summed E-state index contributed by atoms with van der Waals surface area (Å²) in [6.45, 7) is 2.24. The quantitative estimate of drug-likeness (QED) is 0.257. The zero-order chi connectivity index (χ0) is 20.6. The van der Waals surface area contributed by atoms with Gasteiger partial charge in [-0.1, -0.05) is 58.3 Å². The van der Waals surface area contributed by atoms with E-state index in [1.165, 1.54) is 44.9 Å². The first-order valence-electron chi connectivity index (χ1n) is 10.3. The van der Waals surface area contributed by atoms with Crippen LogP contribution in [0.5, 0.6) is 17.2 Å². The minimum atomic E-state index is -0.0633. The molecule has 1 rings (SSSR count). The second kappa shape index (κ2) is 14.8. The van der Waals surface area contributed by atoms with Crippen molar-refractivity contribution >= 4 is 12.1 Å². The molecule has 1 aromatic rings. The molecule has 0 fully saturated rings. The van der Waals surface area contributed by atoms with Crippen LogP contribution in [0.25, 0.3) is 0 Å². The summed E-state index contributed by atoms with van der Waals surface area (Å²) in [6.07, 6.45) is 13.2. The van der Waals surface area contributed by atoms with E-state index < -0.39 is 0 Å². The summed E-state index contributed by atoms with van der Waals surface area (Å²) >= 11 is 0. The van der Waals surface area contributed by atoms with Gasteiger partial charge in [0.15, 0.2) is 11.5 Å². The molecule has 1 aromatic carbocycles. The molecule has 0 unspecified atom stereocenters. The lowest BCUT2D eigenvalue weighted by Gasteiger charge is -2.12. The third-order valence-corrected chi connectivity index (χ3v) is 4.60. The number of benzene rings is 1.